The molecule has 15 heteroatoms. The van der Waals surface area contributed by atoms with E-state index >= 15 is 0 Å². The van der Waals surface area contributed by atoms with Crippen molar-refractivity contribution in [1.29, 1.82) is 0 Å². The number of aliphatic carboxylic acids is 1. The Morgan fingerprint density at radius 1 is 0.923 bits per heavy atom. The third kappa shape index (κ3) is 11.8. The molecule has 288 valence electrons. The molecule has 5 unspecified atom stereocenters. The molecule has 0 bridgehead atoms. The number of ketones is 1. The van der Waals surface area contributed by atoms with Gasteiger partial charge in [-0.05, 0) is 48.5 Å². The van der Waals surface area contributed by atoms with E-state index in [1.165, 1.54) is 17.0 Å². The minimum absolute atomic E-state index is 0.0566. The third-order valence-corrected chi connectivity index (χ3v) is 9.42. The van der Waals surface area contributed by atoms with Gasteiger partial charge in [0.25, 0.3) is 5.91 Å². The average Bonchev–Trinajstić information content (AvgIpc) is 3.45. The smallest absolute Gasteiger partial charge is 0.407 e. The molecule has 2 fully saturated rings. The molecule has 1 saturated carbocycles. The van der Waals surface area contributed by atoms with Gasteiger partial charge < -0.3 is 41.1 Å². The Morgan fingerprint density at radius 2 is 1.58 bits per heavy atom. The number of aliphatic hydroxyl groups excluding tert-OH is 1. The van der Waals surface area contributed by atoms with E-state index in [4.69, 9.17) is 4.74 Å². The van der Waals surface area contributed by atoms with Gasteiger partial charge >= 0.3 is 12.1 Å². The fourth-order valence-corrected chi connectivity index (χ4v) is 6.76. The first-order valence-corrected chi connectivity index (χ1v) is 18.2. The van der Waals surface area contributed by atoms with E-state index < -0.39 is 83.7 Å². The molecule has 1 aromatic carbocycles. The van der Waals surface area contributed by atoms with Crippen molar-refractivity contribution in [3.8, 4) is 0 Å². The van der Waals surface area contributed by atoms with Crippen LogP contribution in [0.4, 0.5) is 4.79 Å². The zero-order valence-corrected chi connectivity index (χ0v) is 30.8. The number of hydrogen-bond acceptors (Lipinski definition) is 9. The molecule has 1 heterocycles. The van der Waals surface area contributed by atoms with Crippen molar-refractivity contribution in [3.63, 3.8) is 0 Å². The minimum atomic E-state index is -1.67. The topological polar surface area (TPSA) is 221 Å². The summed E-state index contributed by atoms with van der Waals surface area (Å²) in [5, 5.41) is 29.4. The van der Waals surface area contributed by atoms with Crippen LogP contribution in [0, 0.1) is 17.3 Å². The summed E-state index contributed by atoms with van der Waals surface area (Å²) in [4.78, 5) is 93.7. The molecular formula is C37H55N5O10. The summed E-state index contributed by atoms with van der Waals surface area (Å²) in [6, 6.07) is 1.43. The standard InChI is InChI=1S/C37H55N5O10/c1-6-13-25(30(44)33(47)39-26(19-43)31(45)40-29(35(49)50)24-16-11-8-12-17-24)38-32(46)27-18-37(4,5)21-42(27)34(48)28(23-14-9-7-10-15-23)41-36(51)52-20-22(2)3/h8,11-12,16-17,22-23,25-29,43H,6-7,9-10,13-15,18-21H2,1-5H3,(H,38,46)(H,39,47)(H,40,45)(H,41,51)(H,49,50). The Kier molecular flexibility index (Phi) is 15.6. The highest BCUT2D eigenvalue weighted by Crippen LogP contribution is 2.36. The highest BCUT2D eigenvalue weighted by molar-refractivity contribution is 6.38. The Hall–Kier alpha value is -4.53. The van der Waals surface area contributed by atoms with Crippen molar-refractivity contribution < 1.29 is 48.5 Å². The van der Waals surface area contributed by atoms with Crippen molar-refractivity contribution in [2.45, 2.75) is 116 Å². The highest BCUT2D eigenvalue weighted by Gasteiger charge is 2.47. The first kappa shape index (κ1) is 41.9. The highest BCUT2D eigenvalue weighted by atomic mass is 16.5. The number of amides is 5. The van der Waals surface area contributed by atoms with Crippen molar-refractivity contribution in [1.82, 2.24) is 26.2 Å². The van der Waals surface area contributed by atoms with Gasteiger partial charge in [0.15, 0.2) is 6.04 Å². The minimum Gasteiger partial charge on any atom is -0.479 e. The van der Waals surface area contributed by atoms with Crippen LogP contribution in [0.25, 0.3) is 0 Å². The maximum Gasteiger partial charge on any atom is 0.407 e. The van der Waals surface area contributed by atoms with Gasteiger partial charge in [0.2, 0.25) is 23.5 Å². The number of nitrogens with zero attached hydrogens (tertiary/aromatic N) is 1. The second kappa shape index (κ2) is 19.3. The first-order chi connectivity index (χ1) is 24.6. The zero-order chi connectivity index (χ0) is 38.6. The maximum absolute atomic E-state index is 14.2. The Balaban J connectivity index is 1.75. The van der Waals surface area contributed by atoms with Crippen LogP contribution in [0.15, 0.2) is 30.3 Å². The lowest BCUT2D eigenvalue weighted by Crippen LogP contribution is -2.58. The van der Waals surface area contributed by atoms with Gasteiger partial charge in [-0.3, -0.25) is 24.0 Å². The number of alkyl carbamates (subject to hydrolysis) is 1. The van der Waals surface area contributed by atoms with Gasteiger partial charge in [-0.15, -0.1) is 0 Å². The molecule has 6 N–H and O–H groups in total. The average molecular weight is 730 g/mol. The van der Waals surface area contributed by atoms with Gasteiger partial charge in [-0.1, -0.05) is 90.6 Å². The molecule has 2 aliphatic rings. The molecule has 0 aromatic heterocycles. The summed E-state index contributed by atoms with van der Waals surface area (Å²) in [7, 11) is 0. The van der Waals surface area contributed by atoms with Gasteiger partial charge in [-0.25, -0.2) is 9.59 Å². The van der Waals surface area contributed by atoms with Crippen LogP contribution in [0.2, 0.25) is 0 Å². The SMILES string of the molecule is CCCC(NC(=O)C1CC(C)(C)CN1C(=O)C(NC(=O)OCC(C)C)C1CCCCC1)C(=O)C(=O)NC(CO)C(=O)NC(C(=O)O)c1ccccc1. The second-order valence-electron chi connectivity index (χ2n) is 15.0. The van der Waals surface area contributed by atoms with E-state index in [2.05, 4.69) is 21.3 Å². The van der Waals surface area contributed by atoms with Crippen LogP contribution in [-0.2, 0) is 33.5 Å². The maximum atomic E-state index is 14.2. The van der Waals surface area contributed by atoms with E-state index in [0.29, 0.717) is 6.42 Å². The van der Waals surface area contributed by atoms with Crippen molar-refractivity contribution in [3.05, 3.63) is 35.9 Å². The fourth-order valence-electron chi connectivity index (χ4n) is 6.76. The third-order valence-electron chi connectivity index (χ3n) is 9.42. The van der Waals surface area contributed by atoms with Crippen LogP contribution in [-0.4, -0.2) is 101 Å². The van der Waals surface area contributed by atoms with Crippen LogP contribution in [0.3, 0.4) is 0 Å². The van der Waals surface area contributed by atoms with E-state index in [-0.39, 0.29) is 43.4 Å². The number of ether oxygens (including phenoxy) is 1. The number of rotatable bonds is 17. The Bertz CT molecular complexity index is 1430. The number of Topliss-reactive ketones (excluding diaryl/α,β-unsaturated/α-hetero) is 1. The van der Waals surface area contributed by atoms with Gasteiger partial charge in [0.05, 0.1) is 19.3 Å². The molecule has 3 rings (SSSR count). The molecule has 5 amide bonds. The summed E-state index contributed by atoms with van der Waals surface area (Å²) in [6.45, 7) is 8.83. The van der Waals surface area contributed by atoms with Crippen molar-refractivity contribution >= 4 is 41.5 Å². The molecule has 1 aromatic rings. The molecule has 1 aliphatic carbocycles. The Morgan fingerprint density at radius 3 is 2.15 bits per heavy atom. The summed E-state index contributed by atoms with van der Waals surface area (Å²) in [6.07, 6.45) is 4.29. The number of carbonyl (C=O) groups excluding carboxylic acids is 6. The number of carboxylic acids is 1. The molecule has 52 heavy (non-hydrogen) atoms. The molecule has 1 aliphatic heterocycles. The lowest BCUT2D eigenvalue weighted by atomic mass is 9.83. The number of carboxylic acid groups (broad SMARTS) is 1. The quantitative estimate of drug-likeness (QED) is 0.128. The molecular weight excluding hydrogens is 674 g/mol. The largest absolute Gasteiger partial charge is 0.479 e. The van der Waals surface area contributed by atoms with E-state index in [1.807, 2.05) is 27.7 Å². The zero-order valence-electron chi connectivity index (χ0n) is 30.8. The van der Waals surface area contributed by atoms with E-state index in [9.17, 15) is 43.8 Å². The number of benzene rings is 1. The predicted molar refractivity (Wildman–Crippen MR) is 189 cm³/mol. The van der Waals surface area contributed by atoms with Crippen LogP contribution in [0.5, 0.6) is 0 Å². The molecule has 1 saturated heterocycles. The van der Waals surface area contributed by atoms with Gasteiger partial charge in [0, 0.05) is 6.54 Å². The van der Waals surface area contributed by atoms with E-state index in [0.717, 1.165) is 32.1 Å². The lowest BCUT2D eigenvalue weighted by Gasteiger charge is -2.35. The monoisotopic (exact) mass is 729 g/mol. The normalized spacial score (nSPS) is 19.4. The summed E-state index contributed by atoms with van der Waals surface area (Å²) < 4.78 is 5.34. The number of hydrogen-bond donors (Lipinski definition) is 6. The van der Waals surface area contributed by atoms with Gasteiger partial charge in [-0.2, -0.15) is 0 Å². The fraction of sp³-hybridized carbons (Fsp3) is 0.649. The molecule has 5 atom stereocenters. The molecule has 0 radical (unpaired) electrons. The Labute approximate surface area is 305 Å². The lowest BCUT2D eigenvalue weighted by molar-refractivity contribution is -0.145. The summed E-state index contributed by atoms with van der Waals surface area (Å²) >= 11 is 0. The number of aliphatic hydroxyl groups is 1. The van der Waals surface area contributed by atoms with Gasteiger partial charge in [0.1, 0.15) is 18.1 Å². The van der Waals surface area contributed by atoms with Crippen molar-refractivity contribution in [2.24, 2.45) is 17.3 Å². The number of nitrogens with one attached hydrogen (secondary N) is 4. The number of carbonyl (C=O) groups is 7. The van der Waals surface area contributed by atoms with Crippen LogP contribution in [0.1, 0.15) is 97.6 Å². The summed E-state index contributed by atoms with van der Waals surface area (Å²) in [5.41, 5.74) is -0.230. The number of likely N-dealkylation sites (tertiary alicyclic amines) is 1. The second-order valence-corrected chi connectivity index (χ2v) is 15.0. The van der Waals surface area contributed by atoms with Crippen LogP contribution < -0.4 is 21.3 Å². The summed E-state index contributed by atoms with van der Waals surface area (Å²) in [5.74, 6) is -5.86. The van der Waals surface area contributed by atoms with Crippen LogP contribution >= 0.6 is 0 Å². The molecule has 15 nitrogen and oxygen atoms in total. The predicted octanol–water partition coefficient (Wildman–Crippen LogP) is 2.22. The van der Waals surface area contributed by atoms with E-state index in [1.54, 1.807) is 25.1 Å². The van der Waals surface area contributed by atoms with Crippen molar-refractivity contribution in [2.75, 3.05) is 19.8 Å². The first-order valence-electron chi connectivity index (χ1n) is 18.2. The molecule has 0 spiro atoms.